The van der Waals surface area contributed by atoms with Crippen LogP contribution < -0.4 is 0 Å². The van der Waals surface area contributed by atoms with Crippen LogP contribution in [-0.4, -0.2) is 31.2 Å². The number of hydrogen-bond acceptors (Lipinski definition) is 4. The quantitative estimate of drug-likeness (QED) is 0.560. The maximum absolute atomic E-state index is 12.4. The lowest BCUT2D eigenvalue weighted by Crippen LogP contribution is -2.04. The Bertz CT molecular complexity index is 791. The maximum atomic E-state index is 12.4. The number of nitrogens with zero attached hydrogens (tertiary/aromatic N) is 2. The number of nitrogens with one attached hydrogen (secondary N) is 1. The third-order valence-corrected chi connectivity index (χ3v) is 4.47. The minimum absolute atomic E-state index is 0.0551. The third-order valence-electron chi connectivity index (χ3n) is 3.43. The predicted molar refractivity (Wildman–Crippen MR) is 82.5 cm³/mol. The van der Waals surface area contributed by atoms with Gasteiger partial charge in [0.2, 0.25) is 0 Å². The molecule has 0 saturated heterocycles. The SMILES string of the molecule is Cn1c(CO)cnc1SCC(=O)c1c[nH]c2ccccc12. The normalized spacial score (nSPS) is 11.1. The van der Waals surface area contributed by atoms with Crippen molar-refractivity contribution < 1.29 is 9.90 Å². The molecule has 0 bridgehead atoms. The molecule has 0 fully saturated rings. The van der Waals surface area contributed by atoms with Gasteiger partial charge >= 0.3 is 0 Å². The number of thioether (sulfide) groups is 1. The number of aliphatic hydroxyl groups excluding tert-OH is 1. The number of carbonyl (C=O) groups is 1. The highest BCUT2D eigenvalue weighted by atomic mass is 32.2. The van der Waals surface area contributed by atoms with E-state index in [4.69, 9.17) is 5.11 Å². The number of ketones is 1. The van der Waals surface area contributed by atoms with Gasteiger partial charge < -0.3 is 14.7 Å². The number of benzene rings is 1. The smallest absolute Gasteiger partial charge is 0.175 e. The summed E-state index contributed by atoms with van der Waals surface area (Å²) in [5.41, 5.74) is 2.40. The summed E-state index contributed by atoms with van der Waals surface area (Å²) in [5, 5.41) is 10.8. The molecule has 0 amide bonds. The highest BCUT2D eigenvalue weighted by Gasteiger charge is 2.14. The standard InChI is InChI=1S/C15H15N3O2S/c1-18-10(8-19)6-17-15(18)21-9-14(20)12-7-16-13-5-3-2-4-11(12)13/h2-7,16,19H,8-9H2,1H3. The molecule has 0 atom stereocenters. The van der Waals surface area contributed by atoms with Gasteiger partial charge in [-0.05, 0) is 6.07 Å². The van der Waals surface area contributed by atoms with Gasteiger partial charge in [-0.25, -0.2) is 4.98 Å². The minimum atomic E-state index is -0.0551. The van der Waals surface area contributed by atoms with Crippen LogP contribution in [0.4, 0.5) is 0 Å². The third kappa shape index (κ3) is 2.59. The van der Waals surface area contributed by atoms with E-state index in [1.54, 1.807) is 17.0 Å². The highest BCUT2D eigenvalue weighted by molar-refractivity contribution is 7.99. The van der Waals surface area contributed by atoms with Crippen molar-refractivity contribution in [3.8, 4) is 0 Å². The lowest BCUT2D eigenvalue weighted by Gasteiger charge is -2.03. The molecule has 1 aromatic carbocycles. The molecule has 0 aliphatic heterocycles. The highest BCUT2D eigenvalue weighted by Crippen LogP contribution is 2.22. The second-order valence-electron chi connectivity index (χ2n) is 4.71. The van der Waals surface area contributed by atoms with Crippen molar-refractivity contribution in [1.29, 1.82) is 0 Å². The Morgan fingerprint density at radius 1 is 1.43 bits per heavy atom. The van der Waals surface area contributed by atoms with Gasteiger partial charge in [0.1, 0.15) is 0 Å². The Kier molecular flexibility index (Phi) is 3.81. The van der Waals surface area contributed by atoms with E-state index >= 15 is 0 Å². The molecule has 2 N–H and O–H groups in total. The second kappa shape index (κ2) is 5.75. The monoisotopic (exact) mass is 301 g/mol. The summed E-state index contributed by atoms with van der Waals surface area (Å²) < 4.78 is 1.80. The zero-order valence-electron chi connectivity index (χ0n) is 11.5. The van der Waals surface area contributed by atoms with Crippen molar-refractivity contribution in [3.05, 3.63) is 47.9 Å². The number of fused-ring (bicyclic) bond motifs is 1. The minimum Gasteiger partial charge on any atom is -0.390 e. The Balaban J connectivity index is 1.76. The molecule has 5 nitrogen and oxygen atoms in total. The second-order valence-corrected chi connectivity index (χ2v) is 5.65. The van der Waals surface area contributed by atoms with Gasteiger partial charge in [-0.2, -0.15) is 0 Å². The maximum Gasteiger partial charge on any atom is 0.175 e. The molecule has 0 saturated carbocycles. The molecule has 3 aromatic rings. The van der Waals surface area contributed by atoms with E-state index in [-0.39, 0.29) is 12.4 Å². The zero-order valence-corrected chi connectivity index (χ0v) is 12.4. The lowest BCUT2D eigenvalue weighted by atomic mass is 10.1. The Hall–Kier alpha value is -2.05. The topological polar surface area (TPSA) is 70.9 Å². The van der Waals surface area contributed by atoms with E-state index in [0.717, 1.165) is 21.8 Å². The van der Waals surface area contributed by atoms with E-state index in [0.29, 0.717) is 11.3 Å². The van der Waals surface area contributed by atoms with Crippen LogP contribution in [0, 0.1) is 0 Å². The molecule has 2 aromatic heterocycles. The molecule has 2 heterocycles. The fourth-order valence-corrected chi connectivity index (χ4v) is 3.07. The van der Waals surface area contributed by atoms with Crippen molar-refractivity contribution in [2.75, 3.05) is 5.75 Å². The van der Waals surface area contributed by atoms with Crippen LogP contribution in [0.15, 0.2) is 41.8 Å². The average molecular weight is 301 g/mol. The van der Waals surface area contributed by atoms with E-state index in [2.05, 4.69) is 9.97 Å². The van der Waals surface area contributed by atoms with Gasteiger partial charge in [-0.1, -0.05) is 30.0 Å². The molecule has 6 heteroatoms. The number of aliphatic hydroxyl groups is 1. The van der Waals surface area contributed by atoms with E-state index < -0.39 is 0 Å². The van der Waals surface area contributed by atoms with Gasteiger partial charge in [0, 0.05) is 29.7 Å². The number of aromatic amines is 1. The van der Waals surface area contributed by atoms with E-state index in [1.807, 2.05) is 31.3 Å². The molecule has 0 unspecified atom stereocenters. The van der Waals surface area contributed by atoms with Gasteiger partial charge in [0.15, 0.2) is 10.9 Å². The molecule has 108 valence electrons. The number of rotatable bonds is 5. The van der Waals surface area contributed by atoms with Crippen LogP contribution in [-0.2, 0) is 13.7 Å². The Morgan fingerprint density at radius 2 is 2.24 bits per heavy atom. The Labute approximate surface area is 126 Å². The van der Waals surface area contributed by atoms with Crippen molar-refractivity contribution in [2.45, 2.75) is 11.8 Å². The van der Waals surface area contributed by atoms with Crippen LogP contribution in [0.1, 0.15) is 16.1 Å². The molecule has 0 spiro atoms. The summed E-state index contributed by atoms with van der Waals surface area (Å²) in [6, 6.07) is 7.75. The zero-order chi connectivity index (χ0) is 14.8. The molecular weight excluding hydrogens is 286 g/mol. The number of hydrogen-bond donors (Lipinski definition) is 2. The number of imidazole rings is 1. The van der Waals surface area contributed by atoms with Gasteiger partial charge in [0.05, 0.1) is 24.3 Å². The van der Waals surface area contributed by atoms with Gasteiger partial charge in [0.25, 0.3) is 0 Å². The van der Waals surface area contributed by atoms with E-state index in [1.165, 1.54) is 11.8 Å². The lowest BCUT2D eigenvalue weighted by molar-refractivity contribution is 0.102. The summed E-state index contributed by atoms with van der Waals surface area (Å²) in [4.78, 5) is 19.7. The number of para-hydroxylation sites is 1. The molecule has 3 rings (SSSR count). The molecule has 0 aliphatic rings. The van der Waals surface area contributed by atoms with Crippen LogP contribution in [0.2, 0.25) is 0 Å². The van der Waals surface area contributed by atoms with Gasteiger partial charge in [-0.3, -0.25) is 4.79 Å². The molecule has 0 aliphatic carbocycles. The van der Waals surface area contributed by atoms with Crippen molar-refractivity contribution in [3.63, 3.8) is 0 Å². The van der Waals surface area contributed by atoms with Crippen molar-refractivity contribution >= 4 is 28.4 Å². The van der Waals surface area contributed by atoms with Crippen LogP contribution >= 0.6 is 11.8 Å². The number of Topliss-reactive ketones (excluding diaryl/α,β-unsaturated/α-hetero) is 1. The van der Waals surface area contributed by atoms with Crippen molar-refractivity contribution in [2.24, 2.45) is 7.05 Å². The van der Waals surface area contributed by atoms with Crippen LogP contribution in [0.25, 0.3) is 10.9 Å². The predicted octanol–water partition coefficient (Wildman–Crippen LogP) is 2.37. The van der Waals surface area contributed by atoms with Crippen LogP contribution in [0.3, 0.4) is 0 Å². The summed E-state index contributed by atoms with van der Waals surface area (Å²) in [6.07, 6.45) is 3.38. The summed E-state index contributed by atoms with van der Waals surface area (Å²) in [5.74, 6) is 0.378. The average Bonchev–Trinajstić information content (AvgIpc) is 3.08. The van der Waals surface area contributed by atoms with E-state index in [9.17, 15) is 4.79 Å². The first-order chi connectivity index (χ1) is 10.2. The van der Waals surface area contributed by atoms with Gasteiger partial charge in [-0.15, -0.1) is 0 Å². The van der Waals surface area contributed by atoms with Crippen LogP contribution in [0.5, 0.6) is 0 Å². The number of aromatic nitrogens is 3. The first-order valence-corrected chi connectivity index (χ1v) is 7.53. The first kappa shape index (κ1) is 13.9. The van der Waals surface area contributed by atoms with Crippen molar-refractivity contribution in [1.82, 2.24) is 14.5 Å². The molecule has 0 radical (unpaired) electrons. The fourth-order valence-electron chi connectivity index (χ4n) is 2.22. The fraction of sp³-hybridized carbons (Fsp3) is 0.200. The first-order valence-electron chi connectivity index (χ1n) is 6.54. The molecule has 21 heavy (non-hydrogen) atoms. The Morgan fingerprint density at radius 3 is 3.00 bits per heavy atom. The summed E-state index contributed by atoms with van der Waals surface area (Å²) in [7, 11) is 1.83. The summed E-state index contributed by atoms with van der Waals surface area (Å²) >= 11 is 1.38. The molecular formula is C15H15N3O2S. The number of carbonyl (C=O) groups excluding carboxylic acids is 1. The largest absolute Gasteiger partial charge is 0.390 e. The summed E-state index contributed by atoms with van der Waals surface area (Å²) in [6.45, 7) is -0.0551. The number of H-pyrrole nitrogens is 1.